The van der Waals surface area contributed by atoms with E-state index in [1.807, 2.05) is 25.1 Å². The lowest BCUT2D eigenvalue weighted by Crippen LogP contribution is -2.24. The van der Waals surface area contributed by atoms with E-state index in [9.17, 15) is 4.79 Å². The van der Waals surface area contributed by atoms with Crippen molar-refractivity contribution in [1.29, 1.82) is 0 Å². The van der Waals surface area contributed by atoms with E-state index in [4.69, 9.17) is 0 Å². The maximum Gasteiger partial charge on any atom is 0.224 e. The average molecular weight is 207 g/mol. The molecule has 2 heteroatoms. The van der Waals surface area contributed by atoms with E-state index in [0.29, 0.717) is 13.0 Å². The summed E-state index contributed by atoms with van der Waals surface area (Å²) in [6.45, 7) is 4.80. The third-order valence-corrected chi connectivity index (χ3v) is 2.36. The summed E-state index contributed by atoms with van der Waals surface area (Å²) in [5, 5.41) is 2.82. The molecule has 0 spiro atoms. The van der Waals surface area contributed by atoms with Crippen LogP contribution in [0.25, 0.3) is 0 Å². The molecule has 1 aromatic rings. The third-order valence-electron chi connectivity index (χ3n) is 2.36. The zero-order valence-electron chi connectivity index (χ0n) is 9.55. The Morgan fingerprint density at radius 2 is 1.93 bits per heavy atom. The molecule has 0 saturated heterocycles. The molecule has 0 bridgehead atoms. The number of hydrogen-bond acceptors (Lipinski definition) is 1. The van der Waals surface area contributed by atoms with Gasteiger partial charge in [0.15, 0.2) is 0 Å². The molecule has 0 aromatic heterocycles. The first-order chi connectivity index (χ1) is 7.27. The second-order valence-corrected chi connectivity index (χ2v) is 3.65. The van der Waals surface area contributed by atoms with E-state index < -0.39 is 0 Å². The molecule has 0 atom stereocenters. The van der Waals surface area contributed by atoms with Crippen molar-refractivity contribution in [1.82, 2.24) is 5.32 Å². The highest BCUT2D eigenvalue weighted by Gasteiger charge is 2.05. The van der Waals surface area contributed by atoms with Crippen LogP contribution in [0.4, 0.5) is 0 Å². The molecule has 0 heterocycles. The van der Waals surface area contributed by atoms with Crippen LogP contribution in [0.5, 0.6) is 0 Å². The molecular formula is C13H21NO. The molecular weight excluding hydrogens is 186 g/mol. The zero-order chi connectivity index (χ0) is 11.1. The smallest absolute Gasteiger partial charge is 0.224 e. The van der Waals surface area contributed by atoms with Gasteiger partial charge in [-0.25, -0.2) is 0 Å². The van der Waals surface area contributed by atoms with Gasteiger partial charge in [0.1, 0.15) is 0 Å². The predicted octanol–water partition coefficient (Wildman–Crippen LogP) is 2.56. The summed E-state index contributed by atoms with van der Waals surface area (Å²) in [7, 11) is 0. The van der Waals surface area contributed by atoms with Crippen molar-refractivity contribution in [3.8, 4) is 0 Å². The van der Waals surface area contributed by atoms with Crippen molar-refractivity contribution in [2.45, 2.75) is 33.1 Å². The van der Waals surface area contributed by atoms with Gasteiger partial charge in [0.25, 0.3) is 0 Å². The summed E-state index contributed by atoms with van der Waals surface area (Å²) in [5.74, 6) is 0.112. The van der Waals surface area contributed by atoms with Crippen molar-refractivity contribution >= 4 is 5.91 Å². The third kappa shape index (κ3) is 3.74. The van der Waals surface area contributed by atoms with Gasteiger partial charge < -0.3 is 5.32 Å². The summed E-state index contributed by atoms with van der Waals surface area (Å²) >= 11 is 0. The summed E-state index contributed by atoms with van der Waals surface area (Å²) in [6.07, 6.45) is 2.67. The highest BCUT2D eigenvalue weighted by molar-refractivity contribution is 5.78. The van der Waals surface area contributed by atoms with Crippen LogP contribution < -0.4 is 5.32 Å². The Kier molecular flexibility index (Phi) is 4.88. The number of amides is 1. The minimum Gasteiger partial charge on any atom is -0.356 e. The minimum absolute atomic E-state index is 0. The van der Waals surface area contributed by atoms with E-state index in [0.717, 1.165) is 18.4 Å². The van der Waals surface area contributed by atoms with E-state index in [-0.39, 0.29) is 7.33 Å². The van der Waals surface area contributed by atoms with Crippen LogP contribution in [0.1, 0.15) is 32.8 Å². The first-order valence-electron chi connectivity index (χ1n) is 5.61. The normalized spacial score (nSPS) is 10.0. The summed E-state index contributed by atoms with van der Waals surface area (Å²) < 4.78 is 0. The fourth-order valence-corrected chi connectivity index (χ4v) is 1.68. The molecule has 0 aliphatic carbocycles. The first-order valence-corrected chi connectivity index (χ1v) is 5.61. The molecule has 0 radical (unpaired) electrons. The highest BCUT2D eigenvalue weighted by atomic mass is 16.1. The summed E-state index contributed by atoms with van der Waals surface area (Å²) in [6, 6.07) is 8.18. The Morgan fingerprint density at radius 1 is 1.27 bits per heavy atom. The molecule has 84 valence electrons. The Hall–Kier alpha value is -1.31. The first kappa shape index (κ1) is 11.8. The lowest BCUT2D eigenvalue weighted by Gasteiger charge is -2.08. The fraction of sp³-hybridized carbons (Fsp3) is 0.462. The molecule has 0 saturated carbocycles. The van der Waals surface area contributed by atoms with Crippen LogP contribution in [0.2, 0.25) is 0 Å². The topological polar surface area (TPSA) is 29.1 Å². The molecule has 0 unspecified atom stereocenters. The predicted molar refractivity (Wildman–Crippen MR) is 64.9 cm³/mol. The van der Waals surface area contributed by atoms with E-state index in [2.05, 4.69) is 18.3 Å². The second-order valence-electron chi connectivity index (χ2n) is 3.65. The lowest BCUT2D eigenvalue weighted by atomic mass is 10.0. The molecule has 15 heavy (non-hydrogen) atoms. The van der Waals surface area contributed by atoms with Crippen molar-refractivity contribution in [2.75, 3.05) is 6.54 Å². The second kappa shape index (κ2) is 6.23. The number of likely N-dealkylation sites (N-methyl/N-ethyl adjacent to an activating group) is 1. The van der Waals surface area contributed by atoms with Crippen LogP contribution >= 0.6 is 0 Å². The average Bonchev–Trinajstić information content (AvgIpc) is 2.21. The van der Waals surface area contributed by atoms with Gasteiger partial charge in [-0.1, -0.05) is 37.6 Å². The maximum absolute atomic E-state index is 11.5. The quantitative estimate of drug-likeness (QED) is 0.790. The maximum atomic E-state index is 11.5. The van der Waals surface area contributed by atoms with Crippen LogP contribution in [-0.4, -0.2) is 12.5 Å². The molecule has 2 nitrogen and oxygen atoms in total. The Morgan fingerprint density at radius 3 is 2.53 bits per heavy atom. The van der Waals surface area contributed by atoms with Crippen molar-refractivity contribution in [2.24, 2.45) is 0 Å². The van der Waals surface area contributed by atoms with Gasteiger partial charge >= 0.3 is 0 Å². The van der Waals surface area contributed by atoms with Gasteiger partial charge in [-0.3, -0.25) is 4.79 Å². The van der Waals surface area contributed by atoms with Gasteiger partial charge in [0, 0.05) is 7.97 Å². The van der Waals surface area contributed by atoms with E-state index in [1.165, 1.54) is 5.56 Å². The number of hydrogen-bond donors (Lipinski definition) is 1. The van der Waals surface area contributed by atoms with Gasteiger partial charge in [-0.15, -0.1) is 0 Å². The summed E-state index contributed by atoms with van der Waals surface area (Å²) in [5.41, 5.74) is 2.46. The fourth-order valence-electron chi connectivity index (χ4n) is 1.68. The van der Waals surface area contributed by atoms with Crippen LogP contribution in [0, 0.1) is 0 Å². The van der Waals surface area contributed by atoms with Gasteiger partial charge in [0.05, 0.1) is 6.42 Å². The van der Waals surface area contributed by atoms with Crippen LogP contribution in [-0.2, 0) is 17.6 Å². The number of benzene rings is 1. The van der Waals surface area contributed by atoms with Crippen LogP contribution in [0.15, 0.2) is 24.3 Å². The van der Waals surface area contributed by atoms with E-state index in [1.54, 1.807) is 0 Å². The lowest BCUT2D eigenvalue weighted by molar-refractivity contribution is -0.120. The Labute approximate surface area is 93.2 Å². The Bertz CT molecular complexity index is 325. The molecule has 0 aliphatic rings. The summed E-state index contributed by atoms with van der Waals surface area (Å²) in [4.78, 5) is 11.5. The number of carbonyl (C=O) groups is 1. The molecule has 1 rings (SSSR count). The van der Waals surface area contributed by atoms with Crippen molar-refractivity contribution in [3.63, 3.8) is 0 Å². The Balaban J connectivity index is 0.00000225. The van der Waals surface area contributed by atoms with Crippen molar-refractivity contribution < 1.29 is 6.22 Å². The number of nitrogens with one attached hydrogen (secondary N) is 1. The highest BCUT2D eigenvalue weighted by Crippen LogP contribution is 2.11. The van der Waals surface area contributed by atoms with Crippen molar-refractivity contribution in [3.05, 3.63) is 35.4 Å². The monoisotopic (exact) mass is 207 g/mol. The SMILES string of the molecule is CCCc1ccccc1CC(=O)NCC.[HH]. The van der Waals surface area contributed by atoms with Gasteiger partial charge in [-0.2, -0.15) is 0 Å². The number of rotatable bonds is 5. The molecule has 1 N–H and O–H groups in total. The van der Waals surface area contributed by atoms with Crippen LogP contribution in [0.3, 0.4) is 0 Å². The van der Waals surface area contributed by atoms with Gasteiger partial charge in [-0.05, 0) is 24.5 Å². The minimum atomic E-state index is 0. The standard InChI is InChI=1S/C13H19NO.H2/c1-3-7-11-8-5-6-9-12(11)10-13(15)14-4-2;/h5-6,8-9H,3-4,7,10H2,1-2H3,(H,14,15);1H. The largest absolute Gasteiger partial charge is 0.356 e. The van der Waals surface area contributed by atoms with E-state index >= 15 is 0 Å². The number of carbonyl (C=O) groups excluding carboxylic acids is 1. The van der Waals surface area contributed by atoms with Gasteiger partial charge in [0.2, 0.25) is 5.91 Å². The molecule has 1 aromatic carbocycles. The zero-order valence-corrected chi connectivity index (χ0v) is 9.55. The number of aryl methyl sites for hydroxylation is 1. The molecule has 1 amide bonds. The molecule has 0 fully saturated rings. The molecule has 0 aliphatic heterocycles.